The molecule has 0 radical (unpaired) electrons. The third-order valence-electron chi connectivity index (χ3n) is 2.95. The van der Waals surface area contributed by atoms with E-state index in [0.29, 0.717) is 0 Å². The number of carbonyl (C=O) groups is 2. The Hall–Kier alpha value is -2.39. The van der Waals surface area contributed by atoms with Gasteiger partial charge in [0.25, 0.3) is 0 Å². The van der Waals surface area contributed by atoms with Crippen molar-refractivity contribution in [3.63, 3.8) is 0 Å². The van der Waals surface area contributed by atoms with Crippen LogP contribution in [0, 0.1) is 35.0 Å². The zero-order chi connectivity index (χ0) is 18.4. The molecule has 0 heterocycles. The quantitative estimate of drug-likeness (QED) is 0.336. The second-order valence-corrected chi connectivity index (χ2v) is 4.58. The summed E-state index contributed by atoms with van der Waals surface area (Å²) in [4.78, 5) is 22.2. The van der Waals surface area contributed by atoms with E-state index >= 15 is 0 Å². The number of carboxylic acids is 1. The zero-order valence-corrected chi connectivity index (χ0v) is 12.4. The van der Waals surface area contributed by atoms with Gasteiger partial charge in [-0.25, -0.2) is 13.2 Å². The predicted octanol–water partition coefficient (Wildman–Crippen LogP) is 2.81. The van der Waals surface area contributed by atoms with Gasteiger partial charge >= 0.3 is 11.9 Å². The van der Waals surface area contributed by atoms with Gasteiger partial charge in [0.1, 0.15) is 0 Å². The van der Waals surface area contributed by atoms with Crippen LogP contribution < -0.4 is 4.74 Å². The monoisotopic (exact) mass is 356 g/mol. The number of ether oxygens (including phenoxy) is 2. The minimum atomic E-state index is -2.33. The number of benzene rings is 1. The molecule has 0 saturated carbocycles. The summed E-state index contributed by atoms with van der Waals surface area (Å²) in [5, 5.41) is 8.94. The Balaban J connectivity index is 2.79. The van der Waals surface area contributed by atoms with Crippen molar-refractivity contribution >= 4 is 11.9 Å². The SMILES string of the molecule is CCOC(=O)CC(CCOc1c(F)c(F)c(F)c(F)c1F)C(=O)O. The Bertz CT molecular complexity index is 605. The van der Waals surface area contributed by atoms with Crippen molar-refractivity contribution in [3.8, 4) is 5.75 Å². The number of carbonyl (C=O) groups excluding carboxylic acids is 1. The van der Waals surface area contributed by atoms with Crippen molar-refractivity contribution < 1.29 is 46.1 Å². The van der Waals surface area contributed by atoms with Crippen molar-refractivity contribution in [2.75, 3.05) is 13.2 Å². The molecule has 0 fully saturated rings. The largest absolute Gasteiger partial charge is 0.487 e. The van der Waals surface area contributed by atoms with Crippen LogP contribution in [-0.4, -0.2) is 30.3 Å². The van der Waals surface area contributed by atoms with Crippen LogP contribution in [0.15, 0.2) is 0 Å². The summed E-state index contributed by atoms with van der Waals surface area (Å²) in [5.41, 5.74) is 0. The van der Waals surface area contributed by atoms with E-state index in [2.05, 4.69) is 9.47 Å². The van der Waals surface area contributed by atoms with E-state index in [1.165, 1.54) is 6.92 Å². The van der Waals surface area contributed by atoms with Gasteiger partial charge < -0.3 is 14.6 Å². The van der Waals surface area contributed by atoms with Gasteiger partial charge in [-0.1, -0.05) is 0 Å². The predicted molar refractivity (Wildman–Crippen MR) is 68.7 cm³/mol. The second-order valence-electron chi connectivity index (χ2n) is 4.58. The van der Waals surface area contributed by atoms with E-state index in [9.17, 15) is 31.5 Å². The molecular formula is C14H13F5O5. The first-order valence-corrected chi connectivity index (χ1v) is 6.73. The molecule has 1 aromatic carbocycles. The molecule has 5 nitrogen and oxygen atoms in total. The van der Waals surface area contributed by atoms with Gasteiger partial charge in [0.15, 0.2) is 5.75 Å². The van der Waals surface area contributed by atoms with Gasteiger partial charge in [0.05, 0.1) is 25.6 Å². The van der Waals surface area contributed by atoms with E-state index in [0.717, 1.165) is 0 Å². The summed E-state index contributed by atoms with van der Waals surface area (Å²) in [6, 6.07) is 0. The highest BCUT2D eigenvalue weighted by Gasteiger charge is 2.28. The third-order valence-corrected chi connectivity index (χ3v) is 2.95. The second kappa shape index (κ2) is 8.46. The van der Waals surface area contributed by atoms with Crippen molar-refractivity contribution in [1.82, 2.24) is 0 Å². The van der Waals surface area contributed by atoms with E-state index in [1.54, 1.807) is 0 Å². The highest BCUT2D eigenvalue weighted by atomic mass is 19.2. The molecule has 0 aliphatic heterocycles. The third kappa shape index (κ3) is 4.56. The van der Waals surface area contributed by atoms with Gasteiger partial charge in [0.2, 0.25) is 29.1 Å². The molecule has 10 heteroatoms. The topological polar surface area (TPSA) is 72.8 Å². The lowest BCUT2D eigenvalue weighted by Gasteiger charge is -2.13. The number of aliphatic carboxylic acids is 1. The molecule has 0 aromatic heterocycles. The van der Waals surface area contributed by atoms with Crippen molar-refractivity contribution in [2.24, 2.45) is 5.92 Å². The number of hydrogen-bond donors (Lipinski definition) is 1. The van der Waals surface area contributed by atoms with Gasteiger partial charge in [-0.2, -0.15) is 8.78 Å². The molecule has 1 rings (SSSR count). The molecule has 0 bridgehead atoms. The van der Waals surface area contributed by atoms with Crippen LogP contribution in [0.4, 0.5) is 22.0 Å². The Labute approximate surface area is 133 Å². The van der Waals surface area contributed by atoms with Crippen molar-refractivity contribution in [1.29, 1.82) is 0 Å². The lowest BCUT2D eigenvalue weighted by Crippen LogP contribution is -2.22. The van der Waals surface area contributed by atoms with Crippen LogP contribution in [0.3, 0.4) is 0 Å². The van der Waals surface area contributed by atoms with E-state index in [-0.39, 0.29) is 6.61 Å². The molecular weight excluding hydrogens is 343 g/mol. The van der Waals surface area contributed by atoms with E-state index in [4.69, 9.17) is 5.11 Å². The standard InChI is InChI=1S/C14H13F5O5/c1-2-23-7(20)5-6(14(21)22)3-4-24-13-11(18)9(16)8(15)10(17)12(13)19/h6H,2-5H2,1H3,(H,21,22). The van der Waals surface area contributed by atoms with Crippen LogP contribution in [-0.2, 0) is 14.3 Å². The van der Waals surface area contributed by atoms with Gasteiger partial charge in [0, 0.05) is 0 Å². The Morgan fingerprint density at radius 3 is 1.96 bits per heavy atom. The minimum Gasteiger partial charge on any atom is -0.487 e. The minimum absolute atomic E-state index is 0.0340. The molecule has 0 aliphatic carbocycles. The van der Waals surface area contributed by atoms with Crippen LogP contribution in [0.25, 0.3) is 0 Å². The van der Waals surface area contributed by atoms with E-state index < -0.39 is 72.1 Å². The molecule has 24 heavy (non-hydrogen) atoms. The first-order chi connectivity index (χ1) is 11.2. The number of esters is 1. The summed E-state index contributed by atoms with van der Waals surface area (Å²) < 4.78 is 74.6. The average molecular weight is 356 g/mol. The van der Waals surface area contributed by atoms with Gasteiger partial charge in [-0.3, -0.25) is 9.59 Å². The van der Waals surface area contributed by atoms with Crippen molar-refractivity contribution in [2.45, 2.75) is 19.8 Å². The molecule has 0 spiro atoms. The fraction of sp³-hybridized carbons (Fsp3) is 0.429. The Morgan fingerprint density at radius 1 is 1.00 bits per heavy atom. The van der Waals surface area contributed by atoms with Crippen LogP contribution in [0.5, 0.6) is 5.75 Å². The molecule has 1 atom stereocenters. The summed E-state index contributed by atoms with van der Waals surface area (Å²) in [6.45, 7) is 0.862. The molecule has 1 unspecified atom stereocenters. The average Bonchev–Trinajstić information content (AvgIpc) is 2.53. The van der Waals surface area contributed by atoms with Crippen LogP contribution >= 0.6 is 0 Å². The molecule has 0 amide bonds. The summed E-state index contributed by atoms with van der Waals surface area (Å²) >= 11 is 0. The first kappa shape index (κ1) is 19.7. The first-order valence-electron chi connectivity index (χ1n) is 6.73. The van der Waals surface area contributed by atoms with Crippen LogP contribution in [0.2, 0.25) is 0 Å². The Kier molecular flexibility index (Phi) is 6.93. The molecule has 1 aromatic rings. The summed E-state index contributed by atoms with van der Waals surface area (Å²) in [7, 11) is 0. The smallest absolute Gasteiger partial charge is 0.307 e. The lowest BCUT2D eigenvalue weighted by atomic mass is 10.0. The normalized spacial score (nSPS) is 11.9. The highest BCUT2D eigenvalue weighted by Crippen LogP contribution is 2.29. The lowest BCUT2D eigenvalue weighted by molar-refractivity contribution is -0.151. The molecule has 1 N–H and O–H groups in total. The maximum Gasteiger partial charge on any atom is 0.307 e. The number of rotatable bonds is 8. The summed E-state index contributed by atoms with van der Waals surface area (Å²) in [5.74, 6) is -16.0. The van der Waals surface area contributed by atoms with Crippen molar-refractivity contribution in [3.05, 3.63) is 29.1 Å². The maximum atomic E-state index is 13.4. The van der Waals surface area contributed by atoms with E-state index in [1.807, 2.05) is 0 Å². The summed E-state index contributed by atoms with van der Waals surface area (Å²) in [6.07, 6.45) is -0.933. The number of halogens is 5. The molecule has 134 valence electrons. The number of hydrogen-bond acceptors (Lipinski definition) is 4. The highest BCUT2D eigenvalue weighted by molar-refractivity contribution is 5.78. The van der Waals surface area contributed by atoms with Gasteiger partial charge in [-0.05, 0) is 13.3 Å². The fourth-order valence-electron chi connectivity index (χ4n) is 1.75. The van der Waals surface area contributed by atoms with Crippen LogP contribution in [0.1, 0.15) is 19.8 Å². The molecule has 0 saturated heterocycles. The number of carboxylic acid groups (broad SMARTS) is 1. The maximum absolute atomic E-state index is 13.4. The van der Waals surface area contributed by atoms with Gasteiger partial charge in [-0.15, -0.1) is 0 Å². The molecule has 0 aliphatic rings. The zero-order valence-electron chi connectivity index (χ0n) is 12.4. The fourth-order valence-corrected chi connectivity index (χ4v) is 1.75. The Morgan fingerprint density at radius 2 is 1.50 bits per heavy atom.